The van der Waals surface area contributed by atoms with E-state index in [4.69, 9.17) is 16.3 Å². The van der Waals surface area contributed by atoms with E-state index in [0.717, 1.165) is 29.7 Å². The lowest BCUT2D eigenvalue weighted by atomic mass is 10.1. The van der Waals surface area contributed by atoms with Gasteiger partial charge in [0.15, 0.2) is 0 Å². The number of nitrogens with zero attached hydrogens (tertiary/aromatic N) is 1. The summed E-state index contributed by atoms with van der Waals surface area (Å²) in [6.45, 7) is 4.37. The van der Waals surface area contributed by atoms with Crippen LogP contribution >= 0.6 is 11.6 Å². The number of carbonyl (C=O) groups is 4. The number of rotatable bonds is 10. The van der Waals surface area contributed by atoms with Gasteiger partial charge in [0.25, 0.3) is 17.7 Å². The third kappa shape index (κ3) is 6.35. The molecule has 8 nitrogen and oxygen atoms in total. The van der Waals surface area contributed by atoms with Gasteiger partial charge in [-0.25, -0.2) is 9.69 Å². The molecule has 1 aliphatic rings. The molecule has 3 aromatic carbocycles. The first-order valence-electron chi connectivity index (χ1n) is 12.7. The van der Waals surface area contributed by atoms with Gasteiger partial charge in [0.05, 0.1) is 17.9 Å². The van der Waals surface area contributed by atoms with Gasteiger partial charge >= 0.3 is 5.97 Å². The number of amides is 3. The highest BCUT2D eigenvalue weighted by Crippen LogP contribution is 2.30. The summed E-state index contributed by atoms with van der Waals surface area (Å²) in [4.78, 5) is 51.7. The Morgan fingerprint density at radius 3 is 2.26 bits per heavy atom. The number of ether oxygens (including phenoxy) is 1. The molecule has 0 atom stereocenters. The molecule has 0 bridgehead atoms. The van der Waals surface area contributed by atoms with Crippen molar-refractivity contribution in [1.29, 1.82) is 0 Å². The number of benzene rings is 3. The summed E-state index contributed by atoms with van der Waals surface area (Å²) in [7, 11) is 0. The van der Waals surface area contributed by atoms with Crippen LogP contribution in [0.3, 0.4) is 0 Å². The first-order chi connectivity index (χ1) is 18.8. The van der Waals surface area contributed by atoms with Crippen molar-refractivity contribution in [3.63, 3.8) is 0 Å². The third-order valence-corrected chi connectivity index (χ3v) is 6.48. The van der Waals surface area contributed by atoms with E-state index < -0.39 is 17.8 Å². The van der Waals surface area contributed by atoms with Gasteiger partial charge in [-0.05, 0) is 73.0 Å². The lowest BCUT2D eigenvalue weighted by molar-refractivity contribution is -0.120. The largest absolute Gasteiger partial charge is 0.462 e. The van der Waals surface area contributed by atoms with E-state index in [-0.39, 0.29) is 16.6 Å². The van der Waals surface area contributed by atoms with E-state index in [9.17, 15) is 19.2 Å². The molecule has 39 heavy (non-hydrogen) atoms. The number of esters is 1. The zero-order valence-corrected chi connectivity index (χ0v) is 22.4. The molecular formula is C30H28ClN3O5. The van der Waals surface area contributed by atoms with Gasteiger partial charge in [-0.2, -0.15) is 0 Å². The van der Waals surface area contributed by atoms with Crippen molar-refractivity contribution in [1.82, 2.24) is 0 Å². The molecule has 0 aromatic heterocycles. The summed E-state index contributed by atoms with van der Waals surface area (Å²) in [6, 6.07) is 20.0. The number of nitrogens with one attached hydrogen (secondary N) is 2. The third-order valence-electron chi connectivity index (χ3n) is 6.13. The van der Waals surface area contributed by atoms with Gasteiger partial charge in [0, 0.05) is 16.9 Å². The van der Waals surface area contributed by atoms with Gasteiger partial charge < -0.3 is 15.4 Å². The molecule has 0 saturated heterocycles. The minimum absolute atomic E-state index is 0.0407. The minimum atomic E-state index is -0.610. The van der Waals surface area contributed by atoms with Crippen LogP contribution in [0.2, 0.25) is 0 Å². The molecule has 0 aliphatic carbocycles. The summed E-state index contributed by atoms with van der Waals surface area (Å²) in [6.07, 6.45) is 2.54. The molecule has 3 amide bonds. The molecule has 0 fully saturated rings. The van der Waals surface area contributed by atoms with Crippen LogP contribution in [0, 0.1) is 0 Å². The maximum Gasteiger partial charge on any atom is 0.338 e. The number of aryl methyl sites for hydroxylation is 1. The average molecular weight is 546 g/mol. The first-order valence-corrected chi connectivity index (χ1v) is 13.0. The summed E-state index contributed by atoms with van der Waals surface area (Å²) >= 11 is 6.23. The van der Waals surface area contributed by atoms with Gasteiger partial charge in [-0.3, -0.25) is 14.4 Å². The van der Waals surface area contributed by atoms with Crippen molar-refractivity contribution in [2.45, 2.75) is 33.1 Å². The van der Waals surface area contributed by atoms with Crippen molar-refractivity contribution >= 4 is 52.4 Å². The number of unbranched alkanes of at least 4 members (excludes halogenated alkanes) is 1. The van der Waals surface area contributed by atoms with Gasteiger partial charge in [-0.15, -0.1) is 0 Å². The molecule has 3 aromatic rings. The second-order valence-corrected chi connectivity index (χ2v) is 9.26. The minimum Gasteiger partial charge on any atom is -0.462 e. The number of anilines is 3. The smallest absolute Gasteiger partial charge is 0.338 e. The number of halogens is 1. The van der Waals surface area contributed by atoms with Crippen LogP contribution in [0.15, 0.2) is 83.5 Å². The molecular weight excluding hydrogens is 518 g/mol. The molecule has 1 aliphatic heterocycles. The Kier molecular flexibility index (Phi) is 8.78. The Balaban J connectivity index is 1.41. The van der Waals surface area contributed by atoms with Gasteiger partial charge in [0.1, 0.15) is 10.7 Å². The molecule has 1 heterocycles. The standard InChI is InChI=1S/C30H28ClN3O5/c1-3-5-17-39-30(38)21-7-6-8-23(18-21)33-27(35)20-11-13-22(14-12-20)32-26-25(31)28(36)34(29(26)37)24-15-9-19(4-2)10-16-24/h6-16,18,32H,3-5,17H2,1-2H3,(H,33,35). The first kappa shape index (κ1) is 27.6. The van der Waals surface area contributed by atoms with E-state index in [1.165, 1.54) is 0 Å². The fourth-order valence-electron chi connectivity index (χ4n) is 3.90. The average Bonchev–Trinajstić information content (AvgIpc) is 3.16. The Morgan fingerprint density at radius 2 is 1.59 bits per heavy atom. The van der Waals surface area contributed by atoms with Crippen LogP contribution in [0.1, 0.15) is 53.0 Å². The topological polar surface area (TPSA) is 105 Å². The lowest BCUT2D eigenvalue weighted by Gasteiger charge is -2.15. The highest BCUT2D eigenvalue weighted by Gasteiger charge is 2.38. The summed E-state index contributed by atoms with van der Waals surface area (Å²) in [5, 5.41) is 5.45. The Bertz CT molecular complexity index is 1430. The van der Waals surface area contributed by atoms with E-state index in [1.807, 2.05) is 26.0 Å². The molecule has 4 rings (SSSR count). The molecule has 0 saturated carbocycles. The number of carbonyl (C=O) groups excluding carboxylic acids is 4. The van der Waals surface area contributed by atoms with Crippen LogP contribution in [0.4, 0.5) is 17.1 Å². The van der Waals surface area contributed by atoms with E-state index in [2.05, 4.69) is 10.6 Å². The van der Waals surface area contributed by atoms with Crippen LogP contribution in [0.25, 0.3) is 0 Å². The lowest BCUT2D eigenvalue weighted by Crippen LogP contribution is -2.32. The predicted octanol–water partition coefficient (Wildman–Crippen LogP) is 5.89. The molecule has 2 N–H and O–H groups in total. The van der Waals surface area contributed by atoms with E-state index >= 15 is 0 Å². The van der Waals surface area contributed by atoms with Crippen LogP contribution in [-0.4, -0.2) is 30.3 Å². The Labute approximate surface area is 231 Å². The zero-order chi connectivity index (χ0) is 27.9. The highest BCUT2D eigenvalue weighted by atomic mass is 35.5. The second-order valence-electron chi connectivity index (χ2n) is 8.88. The summed E-state index contributed by atoms with van der Waals surface area (Å²) in [5.41, 5.74) is 3.09. The number of hydrogen-bond donors (Lipinski definition) is 2. The van der Waals surface area contributed by atoms with Crippen molar-refractivity contribution in [2.75, 3.05) is 22.1 Å². The van der Waals surface area contributed by atoms with Crippen molar-refractivity contribution in [3.8, 4) is 0 Å². The van der Waals surface area contributed by atoms with E-state index in [0.29, 0.717) is 34.8 Å². The van der Waals surface area contributed by atoms with E-state index in [1.54, 1.807) is 60.7 Å². The quantitative estimate of drug-likeness (QED) is 0.187. The normalized spacial score (nSPS) is 13.1. The summed E-state index contributed by atoms with van der Waals surface area (Å²) < 4.78 is 5.22. The maximum absolute atomic E-state index is 13.0. The molecule has 0 unspecified atom stereocenters. The molecule has 9 heteroatoms. The summed E-state index contributed by atoms with van der Waals surface area (Å²) in [5.74, 6) is -2.01. The Hall–Kier alpha value is -4.43. The van der Waals surface area contributed by atoms with Gasteiger partial charge in [0.2, 0.25) is 0 Å². The monoisotopic (exact) mass is 545 g/mol. The van der Waals surface area contributed by atoms with Crippen LogP contribution in [-0.2, 0) is 20.7 Å². The maximum atomic E-state index is 13.0. The molecule has 200 valence electrons. The highest BCUT2D eigenvalue weighted by molar-refractivity contribution is 6.53. The molecule has 0 spiro atoms. The van der Waals surface area contributed by atoms with Gasteiger partial charge in [-0.1, -0.05) is 50.1 Å². The van der Waals surface area contributed by atoms with Crippen LogP contribution < -0.4 is 15.5 Å². The predicted molar refractivity (Wildman–Crippen MR) is 151 cm³/mol. The number of hydrogen-bond acceptors (Lipinski definition) is 6. The zero-order valence-electron chi connectivity index (χ0n) is 21.6. The SMILES string of the molecule is CCCCOC(=O)c1cccc(NC(=O)c2ccc(NC3=C(Cl)C(=O)N(c4ccc(CC)cc4)C3=O)cc2)c1. The van der Waals surface area contributed by atoms with Crippen molar-refractivity contribution < 1.29 is 23.9 Å². The fraction of sp³-hybridized carbons (Fsp3) is 0.200. The van der Waals surface area contributed by atoms with Crippen LogP contribution in [0.5, 0.6) is 0 Å². The van der Waals surface area contributed by atoms with Crippen molar-refractivity contribution in [3.05, 3.63) is 100 Å². The van der Waals surface area contributed by atoms with Crippen molar-refractivity contribution in [2.24, 2.45) is 0 Å². The number of imide groups is 1. The molecule has 0 radical (unpaired) electrons. The second kappa shape index (κ2) is 12.4. The fourth-order valence-corrected chi connectivity index (χ4v) is 4.11. The Morgan fingerprint density at radius 1 is 0.872 bits per heavy atom.